The molecular formula is C16H11NO4. The van der Waals surface area contributed by atoms with Gasteiger partial charge in [0.25, 0.3) is 5.56 Å². The van der Waals surface area contributed by atoms with E-state index in [1.54, 1.807) is 12.1 Å². The lowest BCUT2D eigenvalue weighted by molar-refractivity contribution is 0.0687. The number of nitrogens with one attached hydrogen (secondary N) is 1. The van der Waals surface area contributed by atoms with E-state index in [1.807, 2.05) is 30.3 Å². The summed E-state index contributed by atoms with van der Waals surface area (Å²) in [6, 6.07) is 14.2. The highest BCUT2D eigenvalue weighted by Gasteiger charge is 2.18. The van der Waals surface area contributed by atoms with Crippen LogP contribution in [0.4, 0.5) is 0 Å². The number of carboxylic acids is 1. The van der Waals surface area contributed by atoms with Gasteiger partial charge in [0, 0.05) is 5.39 Å². The van der Waals surface area contributed by atoms with E-state index in [2.05, 4.69) is 4.98 Å². The number of aromatic amines is 1. The Morgan fingerprint density at radius 1 is 1.00 bits per heavy atom. The zero-order valence-electron chi connectivity index (χ0n) is 10.8. The highest BCUT2D eigenvalue weighted by Crippen LogP contribution is 2.31. The third kappa shape index (κ3) is 2.04. The minimum atomic E-state index is -1.38. The van der Waals surface area contributed by atoms with Crippen LogP contribution in [-0.4, -0.2) is 21.2 Å². The average Bonchev–Trinajstić information content (AvgIpc) is 2.51. The van der Waals surface area contributed by atoms with Crippen molar-refractivity contribution in [3.8, 4) is 16.9 Å². The van der Waals surface area contributed by atoms with Crippen molar-refractivity contribution < 1.29 is 15.0 Å². The molecule has 0 aliphatic rings. The lowest BCUT2D eigenvalue weighted by Crippen LogP contribution is -2.14. The van der Waals surface area contributed by atoms with E-state index in [1.165, 1.54) is 6.07 Å². The van der Waals surface area contributed by atoms with Gasteiger partial charge in [0.1, 0.15) is 0 Å². The highest BCUT2D eigenvalue weighted by molar-refractivity contribution is 6.03. The second-order valence-electron chi connectivity index (χ2n) is 4.58. The van der Waals surface area contributed by atoms with E-state index in [9.17, 15) is 14.7 Å². The molecule has 0 amide bonds. The third-order valence-electron chi connectivity index (χ3n) is 3.32. The fourth-order valence-corrected chi connectivity index (χ4v) is 2.38. The fourth-order valence-electron chi connectivity index (χ4n) is 2.38. The number of rotatable bonds is 2. The molecule has 1 aromatic heterocycles. The number of hydrogen-bond acceptors (Lipinski definition) is 3. The van der Waals surface area contributed by atoms with Gasteiger partial charge in [-0.15, -0.1) is 0 Å². The second-order valence-corrected chi connectivity index (χ2v) is 4.58. The number of aromatic nitrogens is 1. The summed E-state index contributed by atoms with van der Waals surface area (Å²) in [5.41, 5.74) is 0.412. The van der Waals surface area contributed by atoms with E-state index in [0.29, 0.717) is 5.56 Å². The maximum atomic E-state index is 12.2. The van der Waals surface area contributed by atoms with Crippen molar-refractivity contribution in [1.82, 2.24) is 4.98 Å². The molecule has 0 fully saturated rings. The van der Waals surface area contributed by atoms with Crippen molar-refractivity contribution >= 4 is 16.7 Å². The van der Waals surface area contributed by atoms with Crippen LogP contribution in [0.25, 0.3) is 21.9 Å². The van der Waals surface area contributed by atoms with E-state index < -0.39 is 23.0 Å². The van der Waals surface area contributed by atoms with E-state index in [0.717, 1.165) is 5.56 Å². The molecule has 3 rings (SSSR count). The Hall–Kier alpha value is -3.08. The van der Waals surface area contributed by atoms with Gasteiger partial charge in [-0.2, -0.15) is 0 Å². The van der Waals surface area contributed by atoms with E-state index >= 15 is 0 Å². The summed E-state index contributed by atoms with van der Waals surface area (Å²) >= 11 is 0. The van der Waals surface area contributed by atoms with Gasteiger partial charge >= 0.3 is 5.97 Å². The minimum absolute atomic E-state index is 0.220. The first-order valence-electron chi connectivity index (χ1n) is 6.26. The van der Waals surface area contributed by atoms with E-state index in [-0.39, 0.29) is 10.8 Å². The largest absolute Gasteiger partial charge is 0.505 e. The number of carbonyl (C=O) groups is 1. The Morgan fingerprint density at radius 3 is 2.38 bits per heavy atom. The first kappa shape index (κ1) is 12.9. The summed E-state index contributed by atoms with van der Waals surface area (Å²) in [7, 11) is 0. The van der Waals surface area contributed by atoms with Crippen molar-refractivity contribution in [1.29, 1.82) is 0 Å². The molecule has 2 aromatic carbocycles. The minimum Gasteiger partial charge on any atom is -0.505 e. The molecular weight excluding hydrogens is 270 g/mol. The topological polar surface area (TPSA) is 90.4 Å². The summed E-state index contributed by atoms with van der Waals surface area (Å²) in [6.07, 6.45) is 0. The van der Waals surface area contributed by atoms with Gasteiger partial charge < -0.3 is 15.2 Å². The SMILES string of the molecule is O=C(O)c1[nH]c(=O)c2c(-c3ccccc3)cccc2c1O. The number of hydrogen-bond donors (Lipinski definition) is 3. The van der Waals surface area contributed by atoms with Gasteiger partial charge in [-0.3, -0.25) is 4.79 Å². The smallest absolute Gasteiger partial charge is 0.356 e. The predicted octanol–water partition coefficient (Wildman–Crippen LogP) is 2.60. The summed E-state index contributed by atoms with van der Waals surface area (Å²) in [5, 5.41) is 19.6. The van der Waals surface area contributed by atoms with Crippen LogP contribution in [0.1, 0.15) is 10.5 Å². The van der Waals surface area contributed by atoms with Gasteiger partial charge in [-0.05, 0) is 11.1 Å². The Morgan fingerprint density at radius 2 is 1.71 bits per heavy atom. The molecule has 0 aliphatic heterocycles. The lowest BCUT2D eigenvalue weighted by Gasteiger charge is -2.09. The van der Waals surface area contributed by atoms with Crippen LogP contribution in [0.3, 0.4) is 0 Å². The number of benzene rings is 2. The van der Waals surface area contributed by atoms with Gasteiger partial charge in [0.2, 0.25) is 0 Å². The molecule has 21 heavy (non-hydrogen) atoms. The van der Waals surface area contributed by atoms with Crippen LogP contribution < -0.4 is 5.56 Å². The summed E-state index contributed by atoms with van der Waals surface area (Å²) in [6.45, 7) is 0. The van der Waals surface area contributed by atoms with Crippen molar-refractivity contribution in [2.75, 3.05) is 0 Å². The van der Waals surface area contributed by atoms with Crippen LogP contribution in [0.2, 0.25) is 0 Å². The molecule has 0 saturated heterocycles. The Balaban J connectivity index is 2.43. The maximum absolute atomic E-state index is 12.2. The molecule has 1 heterocycles. The third-order valence-corrected chi connectivity index (χ3v) is 3.32. The molecule has 3 aromatic rings. The number of pyridine rings is 1. The second kappa shape index (κ2) is 4.79. The lowest BCUT2D eigenvalue weighted by atomic mass is 9.98. The van der Waals surface area contributed by atoms with Gasteiger partial charge in [0.05, 0.1) is 5.39 Å². The van der Waals surface area contributed by atoms with Crippen LogP contribution in [0.5, 0.6) is 5.75 Å². The van der Waals surface area contributed by atoms with Gasteiger partial charge in [-0.1, -0.05) is 48.5 Å². The summed E-state index contributed by atoms with van der Waals surface area (Å²) in [4.78, 5) is 25.5. The highest BCUT2D eigenvalue weighted by atomic mass is 16.4. The monoisotopic (exact) mass is 281 g/mol. The number of aromatic carboxylic acids is 1. The van der Waals surface area contributed by atoms with Gasteiger partial charge in [-0.25, -0.2) is 4.79 Å². The Kier molecular flexibility index (Phi) is 2.95. The molecule has 0 spiro atoms. The van der Waals surface area contributed by atoms with E-state index in [4.69, 9.17) is 5.11 Å². The first-order valence-corrected chi connectivity index (χ1v) is 6.26. The first-order chi connectivity index (χ1) is 10.1. The predicted molar refractivity (Wildman–Crippen MR) is 78.6 cm³/mol. The molecule has 0 radical (unpaired) electrons. The van der Waals surface area contributed by atoms with Crippen molar-refractivity contribution in [3.05, 3.63) is 64.6 Å². The summed E-state index contributed by atoms with van der Waals surface area (Å²) in [5.74, 6) is -1.81. The quantitative estimate of drug-likeness (QED) is 0.673. The Labute approximate surface area is 119 Å². The molecule has 3 N–H and O–H groups in total. The Bertz CT molecular complexity index is 897. The number of fused-ring (bicyclic) bond motifs is 1. The van der Waals surface area contributed by atoms with Crippen molar-refractivity contribution in [3.63, 3.8) is 0 Å². The molecule has 0 bridgehead atoms. The fraction of sp³-hybridized carbons (Fsp3) is 0. The van der Waals surface area contributed by atoms with Crippen LogP contribution >= 0.6 is 0 Å². The van der Waals surface area contributed by atoms with Gasteiger partial charge in [0.15, 0.2) is 11.4 Å². The normalized spacial score (nSPS) is 10.7. The van der Waals surface area contributed by atoms with Crippen LogP contribution in [0, 0.1) is 0 Å². The number of aromatic hydroxyl groups is 1. The number of H-pyrrole nitrogens is 1. The number of carboxylic acid groups (broad SMARTS) is 1. The molecule has 0 unspecified atom stereocenters. The molecule has 0 saturated carbocycles. The summed E-state index contributed by atoms with van der Waals surface area (Å²) < 4.78 is 0. The molecule has 5 nitrogen and oxygen atoms in total. The molecule has 0 atom stereocenters. The van der Waals surface area contributed by atoms with Crippen molar-refractivity contribution in [2.24, 2.45) is 0 Å². The average molecular weight is 281 g/mol. The molecule has 0 aliphatic carbocycles. The van der Waals surface area contributed by atoms with Crippen LogP contribution in [-0.2, 0) is 0 Å². The zero-order chi connectivity index (χ0) is 15.0. The zero-order valence-corrected chi connectivity index (χ0v) is 10.8. The standard InChI is InChI=1S/C16H11NO4/c18-14-11-8-4-7-10(9-5-2-1-3-6-9)12(11)15(19)17-13(14)16(20)21/h1-8,18H,(H,17,19)(H,20,21). The van der Waals surface area contributed by atoms with Crippen LogP contribution in [0.15, 0.2) is 53.3 Å². The molecule has 104 valence electrons. The van der Waals surface area contributed by atoms with Crippen molar-refractivity contribution in [2.45, 2.75) is 0 Å². The maximum Gasteiger partial charge on any atom is 0.356 e. The molecule has 5 heteroatoms.